The number of methoxy groups -OCH3 is 1. The Kier molecular flexibility index (Phi) is 3.13. The van der Waals surface area contributed by atoms with Crippen molar-refractivity contribution in [2.24, 2.45) is 5.92 Å². The van der Waals surface area contributed by atoms with Crippen molar-refractivity contribution in [3.05, 3.63) is 29.8 Å². The predicted molar refractivity (Wildman–Crippen MR) is 62.3 cm³/mol. The molecule has 0 radical (unpaired) electrons. The number of ether oxygens (including phenoxy) is 1. The summed E-state index contributed by atoms with van der Waals surface area (Å²) in [7, 11) is 1.65. The van der Waals surface area contributed by atoms with E-state index in [1.807, 2.05) is 31.2 Å². The lowest BCUT2D eigenvalue weighted by molar-refractivity contribution is -0.122. The quantitative estimate of drug-likeness (QED) is 0.843. The summed E-state index contributed by atoms with van der Waals surface area (Å²) in [5.41, 5.74) is 1.08. The average Bonchev–Trinajstić information content (AvgIpc) is 3.13. The van der Waals surface area contributed by atoms with Crippen LogP contribution in [-0.2, 0) is 4.79 Å². The van der Waals surface area contributed by atoms with Crippen LogP contribution < -0.4 is 10.1 Å². The number of carbonyl (C=O) groups excluding carboxylic acids is 1. The molecule has 1 aromatic rings. The Morgan fingerprint density at radius 1 is 1.50 bits per heavy atom. The van der Waals surface area contributed by atoms with Gasteiger partial charge in [-0.05, 0) is 37.5 Å². The van der Waals surface area contributed by atoms with Crippen LogP contribution in [0.4, 0.5) is 0 Å². The molecular weight excluding hydrogens is 202 g/mol. The van der Waals surface area contributed by atoms with Gasteiger partial charge in [0.2, 0.25) is 5.91 Å². The van der Waals surface area contributed by atoms with Gasteiger partial charge in [-0.1, -0.05) is 12.1 Å². The third-order valence-electron chi connectivity index (χ3n) is 2.90. The maximum Gasteiger partial charge on any atom is 0.223 e. The Balaban J connectivity index is 2.01. The molecule has 0 bridgehead atoms. The van der Waals surface area contributed by atoms with E-state index in [9.17, 15) is 4.79 Å². The molecule has 0 saturated heterocycles. The number of amides is 1. The Morgan fingerprint density at radius 3 is 2.88 bits per heavy atom. The fourth-order valence-electron chi connectivity index (χ4n) is 1.67. The third-order valence-corrected chi connectivity index (χ3v) is 2.90. The number of nitrogens with one attached hydrogen (secondary N) is 1. The summed E-state index contributed by atoms with van der Waals surface area (Å²) in [5, 5.41) is 3.01. The van der Waals surface area contributed by atoms with Crippen molar-refractivity contribution in [2.75, 3.05) is 7.11 Å². The lowest BCUT2D eigenvalue weighted by atomic mass is 10.1. The van der Waals surface area contributed by atoms with Gasteiger partial charge in [0.1, 0.15) is 5.75 Å². The molecule has 0 aliphatic heterocycles. The van der Waals surface area contributed by atoms with Gasteiger partial charge in [-0.3, -0.25) is 4.79 Å². The lowest BCUT2D eigenvalue weighted by Crippen LogP contribution is -2.27. The van der Waals surface area contributed by atoms with Crippen LogP contribution in [0.1, 0.15) is 31.4 Å². The Labute approximate surface area is 95.8 Å². The van der Waals surface area contributed by atoms with Crippen molar-refractivity contribution >= 4 is 5.91 Å². The van der Waals surface area contributed by atoms with E-state index in [0.29, 0.717) is 0 Å². The first kappa shape index (κ1) is 11.0. The summed E-state index contributed by atoms with van der Waals surface area (Å²) in [6.07, 6.45) is 2.08. The third kappa shape index (κ3) is 2.54. The van der Waals surface area contributed by atoms with Gasteiger partial charge in [-0.25, -0.2) is 0 Å². The van der Waals surface area contributed by atoms with E-state index in [1.54, 1.807) is 7.11 Å². The van der Waals surface area contributed by atoms with Crippen molar-refractivity contribution < 1.29 is 9.53 Å². The zero-order valence-corrected chi connectivity index (χ0v) is 9.69. The second kappa shape index (κ2) is 4.56. The van der Waals surface area contributed by atoms with Crippen LogP contribution in [0.15, 0.2) is 24.3 Å². The first-order valence-corrected chi connectivity index (χ1v) is 5.65. The molecule has 16 heavy (non-hydrogen) atoms. The number of hydrogen-bond donors (Lipinski definition) is 1. The van der Waals surface area contributed by atoms with Gasteiger partial charge in [-0.15, -0.1) is 0 Å². The summed E-state index contributed by atoms with van der Waals surface area (Å²) in [5.74, 6) is 1.26. The highest BCUT2D eigenvalue weighted by atomic mass is 16.5. The first-order valence-electron chi connectivity index (χ1n) is 5.65. The van der Waals surface area contributed by atoms with Crippen molar-refractivity contribution in [3.63, 3.8) is 0 Å². The Hall–Kier alpha value is -1.51. The molecule has 1 fully saturated rings. The highest BCUT2D eigenvalue weighted by molar-refractivity contribution is 5.81. The van der Waals surface area contributed by atoms with Crippen LogP contribution in [0.2, 0.25) is 0 Å². The monoisotopic (exact) mass is 219 g/mol. The van der Waals surface area contributed by atoms with Gasteiger partial charge >= 0.3 is 0 Å². The lowest BCUT2D eigenvalue weighted by Gasteiger charge is -2.14. The minimum atomic E-state index is 0.0446. The Morgan fingerprint density at radius 2 is 2.25 bits per heavy atom. The smallest absolute Gasteiger partial charge is 0.223 e. The largest absolute Gasteiger partial charge is 0.497 e. The molecule has 2 rings (SSSR count). The van der Waals surface area contributed by atoms with Gasteiger partial charge in [0.05, 0.1) is 13.2 Å². The van der Waals surface area contributed by atoms with Gasteiger partial charge < -0.3 is 10.1 Å². The van der Waals surface area contributed by atoms with Crippen LogP contribution >= 0.6 is 0 Å². The van der Waals surface area contributed by atoms with Gasteiger partial charge in [-0.2, -0.15) is 0 Å². The molecule has 0 aromatic heterocycles. The van der Waals surface area contributed by atoms with Crippen LogP contribution in [0.5, 0.6) is 5.75 Å². The zero-order valence-electron chi connectivity index (χ0n) is 9.69. The van der Waals surface area contributed by atoms with E-state index < -0.39 is 0 Å². The van der Waals surface area contributed by atoms with E-state index in [-0.39, 0.29) is 17.9 Å². The van der Waals surface area contributed by atoms with Crippen molar-refractivity contribution in [3.8, 4) is 5.75 Å². The topological polar surface area (TPSA) is 38.3 Å². The molecule has 3 nitrogen and oxygen atoms in total. The molecule has 0 heterocycles. The maximum absolute atomic E-state index is 11.6. The summed E-state index contributed by atoms with van der Waals surface area (Å²) in [6.45, 7) is 2.00. The highest BCUT2D eigenvalue weighted by Gasteiger charge is 2.30. The SMILES string of the molecule is COc1cccc([C@H](C)NC(=O)C2CC2)c1. The predicted octanol–water partition coefficient (Wildman–Crippen LogP) is 2.28. The minimum Gasteiger partial charge on any atom is -0.497 e. The molecule has 1 aliphatic carbocycles. The standard InChI is InChI=1S/C13H17NO2/c1-9(14-13(15)10-6-7-10)11-4-3-5-12(8-11)16-2/h3-5,8-10H,6-7H2,1-2H3,(H,14,15)/t9-/m0/s1. The summed E-state index contributed by atoms with van der Waals surface area (Å²) < 4.78 is 5.16. The van der Waals surface area contributed by atoms with Crippen LogP contribution in [-0.4, -0.2) is 13.0 Å². The maximum atomic E-state index is 11.6. The highest BCUT2D eigenvalue weighted by Crippen LogP contribution is 2.30. The first-order chi connectivity index (χ1) is 7.70. The number of carbonyl (C=O) groups is 1. The molecule has 0 unspecified atom stereocenters. The zero-order chi connectivity index (χ0) is 11.5. The molecule has 1 saturated carbocycles. The molecule has 3 heteroatoms. The van der Waals surface area contributed by atoms with Crippen molar-refractivity contribution in [1.29, 1.82) is 0 Å². The van der Waals surface area contributed by atoms with Gasteiger partial charge in [0, 0.05) is 5.92 Å². The fourth-order valence-corrected chi connectivity index (χ4v) is 1.67. The number of hydrogen-bond acceptors (Lipinski definition) is 2. The van der Waals surface area contributed by atoms with Crippen LogP contribution in [0, 0.1) is 5.92 Å². The van der Waals surface area contributed by atoms with E-state index >= 15 is 0 Å². The van der Waals surface area contributed by atoms with Gasteiger partial charge in [0.15, 0.2) is 0 Å². The molecule has 86 valence electrons. The fraction of sp³-hybridized carbons (Fsp3) is 0.462. The van der Waals surface area contributed by atoms with Gasteiger partial charge in [0.25, 0.3) is 0 Å². The van der Waals surface area contributed by atoms with E-state index in [4.69, 9.17) is 4.74 Å². The van der Waals surface area contributed by atoms with Crippen LogP contribution in [0.3, 0.4) is 0 Å². The summed E-state index contributed by atoms with van der Waals surface area (Å²) in [6, 6.07) is 7.84. The Bertz CT molecular complexity index is 385. The second-order valence-electron chi connectivity index (χ2n) is 4.28. The summed E-state index contributed by atoms with van der Waals surface area (Å²) in [4.78, 5) is 11.6. The van der Waals surface area contributed by atoms with Crippen LogP contribution in [0.25, 0.3) is 0 Å². The molecular formula is C13H17NO2. The van der Waals surface area contributed by atoms with E-state index in [0.717, 1.165) is 24.2 Å². The van der Waals surface area contributed by atoms with E-state index in [2.05, 4.69) is 5.32 Å². The number of benzene rings is 1. The van der Waals surface area contributed by atoms with Crippen molar-refractivity contribution in [2.45, 2.75) is 25.8 Å². The minimum absolute atomic E-state index is 0.0446. The average molecular weight is 219 g/mol. The molecule has 1 atom stereocenters. The van der Waals surface area contributed by atoms with E-state index in [1.165, 1.54) is 0 Å². The normalized spacial score (nSPS) is 16.6. The molecule has 1 amide bonds. The second-order valence-corrected chi connectivity index (χ2v) is 4.28. The summed E-state index contributed by atoms with van der Waals surface area (Å²) >= 11 is 0. The molecule has 0 spiro atoms. The number of rotatable bonds is 4. The molecule has 1 aromatic carbocycles. The molecule has 1 aliphatic rings. The molecule has 1 N–H and O–H groups in total. The van der Waals surface area contributed by atoms with Crippen molar-refractivity contribution in [1.82, 2.24) is 5.32 Å².